The average Bonchev–Trinajstić information content (AvgIpc) is 3.55. The van der Waals surface area contributed by atoms with Crippen LogP contribution in [0.15, 0.2) is 29.6 Å². The number of thiazole rings is 1. The number of aromatic nitrogens is 1. The fourth-order valence-corrected chi connectivity index (χ4v) is 6.54. The molecule has 1 aliphatic heterocycles. The predicted octanol–water partition coefficient (Wildman–Crippen LogP) is 5.49. The maximum Gasteiger partial charge on any atom is 0.245 e. The summed E-state index contributed by atoms with van der Waals surface area (Å²) in [7, 11) is 1.00. The Labute approximate surface area is 236 Å². The van der Waals surface area contributed by atoms with E-state index >= 15 is 0 Å². The molecule has 4 rings (SSSR count). The number of carbonyl (C=O) groups is 2. The number of halogens is 1. The summed E-state index contributed by atoms with van der Waals surface area (Å²) in [6.07, 6.45) is 5.72. The number of benzene rings is 1. The standard InChI is InChI=1S/C28H39ClN4O2S.CH4O/c1-18(2)25(32-27-31-22(16-36-27)15-24(34)30-21-7-5-6-8-21)26(35)33-14-13-23(28(3,4)17-33)19-9-11-20(29)12-10-19;1-2/h9-12,16,18,21,23,25H,5-8,13-15,17H2,1-4H3,(H,30,34)(H,31,32);2H,1H3. The number of piperidine rings is 1. The molecule has 0 radical (unpaired) electrons. The Kier molecular flexibility index (Phi) is 11.0. The lowest BCUT2D eigenvalue weighted by molar-refractivity contribution is -0.136. The van der Waals surface area contributed by atoms with Crippen LogP contribution >= 0.6 is 22.9 Å². The van der Waals surface area contributed by atoms with Gasteiger partial charge in [-0.05, 0) is 54.2 Å². The summed E-state index contributed by atoms with van der Waals surface area (Å²) < 4.78 is 0. The molecule has 2 heterocycles. The van der Waals surface area contributed by atoms with Gasteiger partial charge >= 0.3 is 0 Å². The minimum absolute atomic E-state index is 0.0287. The SMILES string of the molecule is CC(C)C(Nc1nc(CC(=O)NC2CCCC2)cs1)C(=O)N1CCC(c2ccc(Cl)cc2)C(C)(C)C1.CO. The van der Waals surface area contributed by atoms with Gasteiger partial charge in [-0.3, -0.25) is 9.59 Å². The van der Waals surface area contributed by atoms with Gasteiger partial charge in [0.1, 0.15) is 6.04 Å². The van der Waals surface area contributed by atoms with E-state index in [4.69, 9.17) is 16.7 Å². The lowest BCUT2D eigenvalue weighted by Crippen LogP contribution is -2.53. The lowest BCUT2D eigenvalue weighted by atomic mass is 9.70. The number of aliphatic hydroxyl groups is 1. The van der Waals surface area contributed by atoms with Crippen LogP contribution in [0, 0.1) is 11.3 Å². The van der Waals surface area contributed by atoms with Crippen LogP contribution in [0.3, 0.4) is 0 Å². The third-order valence-corrected chi connectivity index (χ3v) is 8.71. The summed E-state index contributed by atoms with van der Waals surface area (Å²) in [5.74, 6) is 0.623. The number of amides is 2. The summed E-state index contributed by atoms with van der Waals surface area (Å²) in [4.78, 5) is 32.7. The Bertz CT molecular complexity index is 1050. The Morgan fingerprint density at radius 2 is 1.82 bits per heavy atom. The molecule has 7 nitrogen and oxygen atoms in total. The molecule has 1 aliphatic carbocycles. The van der Waals surface area contributed by atoms with Crippen LogP contribution < -0.4 is 10.6 Å². The molecule has 2 aliphatic rings. The maximum atomic E-state index is 13.7. The van der Waals surface area contributed by atoms with Crippen LogP contribution in [0.1, 0.15) is 77.0 Å². The molecule has 2 amide bonds. The van der Waals surface area contributed by atoms with Crippen molar-refractivity contribution in [1.29, 1.82) is 0 Å². The summed E-state index contributed by atoms with van der Waals surface area (Å²) in [5, 5.41) is 16.9. The molecule has 9 heteroatoms. The first-order valence-electron chi connectivity index (χ1n) is 13.6. The van der Waals surface area contributed by atoms with Crippen LogP contribution in [0.5, 0.6) is 0 Å². The zero-order chi connectivity index (χ0) is 27.9. The molecule has 1 aromatic carbocycles. The van der Waals surface area contributed by atoms with Gasteiger partial charge in [0, 0.05) is 36.6 Å². The first kappa shape index (κ1) is 30.4. The fraction of sp³-hybridized carbons (Fsp3) is 0.621. The highest BCUT2D eigenvalue weighted by molar-refractivity contribution is 7.13. The zero-order valence-electron chi connectivity index (χ0n) is 23.3. The van der Waals surface area contributed by atoms with E-state index in [1.165, 1.54) is 29.7 Å². The number of aliphatic hydroxyl groups excluding tert-OH is 1. The number of anilines is 1. The van der Waals surface area contributed by atoms with Crippen molar-refractivity contribution in [2.45, 2.75) is 84.2 Å². The minimum Gasteiger partial charge on any atom is -0.400 e. The zero-order valence-corrected chi connectivity index (χ0v) is 24.9. The summed E-state index contributed by atoms with van der Waals surface area (Å²) >= 11 is 7.55. The number of nitrogens with one attached hydrogen (secondary N) is 2. The Balaban J connectivity index is 0.00000195. The second-order valence-corrected chi connectivity index (χ2v) is 12.7. The van der Waals surface area contributed by atoms with Gasteiger partial charge in [-0.1, -0.05) is 64.3 Å². The van der Waals surface area contributed by atoms with Gasteiger partial charge in [0.2, 0.25) is 11.8 Å². The molecular weight excluding hydrogens is 520 g/mol. The fourth-order valence-electron chi connectivity index (χ4n) is 5.67. The number of hydrogen-bond acceptors (Lipinski definition) is 6. The third-order valence-electron chi connectivity index (χ3n) is 7.64. The largest absolute Gasteiger partial charge is 0.400 e. The molecule has 1 aromatic heterocycles. The molecule has 2 unspecified atom stereocenters. The quantitative estimate of drug-likeness (QED) is 0.396. The highest BCUT2D eigenvalue weighted by Crippen LogP contribution is 2.42. The third kappa shape index (κ3) is 7.93. The maximum absolute atomic E-state index is 13.7. The monoisotopic (exact) mass is 562 g/mol. The highest BCUT2D eigenvalue weighted by Gasteiger charge is 2.40. The molecule has 3 N–H and O–H groups in total. The minimum atomic E-state index is -0.362. The second-order valence-electron chi connectivity index (χ2n) is 11.4. The van der Waals surface area contributed by atoms with Crippen molar-refractivity contribution in [1.82, 2.24) is 15.2 Å². The second kappa shape index (κ2) is 13.8. The van der Waals surface area contributed by atoms with Gasteiger partial charge in [-0.15, -0.1) is 11.3 Å². The van der Waals surface area contributed by atoms with E-state index in [0.717, 1.165) is 43.6 Å². The van der Waals surface area contributed by atoms with Crippen molar-refractivity contribution >= 4 is 39.9 Å². The molecule has 2 fully saturated rings. The van der Waals surface area contributed by atoms with Gasteiger partial charge in [-0.2, -0.15) is 0 Å². The molecule has 0 bridgehead atoms. The van der Waals surface area contributed by atoms with Crippen molar-refractivity contribution in [2.75, 3.05) is 25.5 Å². The van der Waals surface area contributed by atoms with Crippen LogP contribution in [-0.2, 0) is 16.0 Å². The molecule has 210 valence electrons. The van der Waals surface area contributed by atoms with E-state index in [2.05, 4.69) is 55.4 Å². The van der Waals surface area contributed by atoms with Gasteiger partial charge < -0.3 is 20.6 Å². The van der Waals surface area contributed by atoms with Gasteiger partial charge in [0.15, 0.2) is 5.13 Å². The smallest absolute Gasteiger partial charge is 0.245 e. The van der Waals surface area contributed by atoms with Crippen molar-refractivity contribution in [3.8, 4) is 0 Å². The number of rotatable bonds is 8. The van der Waals surface area contributed by atoms with Crippen molar-refractivity contribution < 1.29 is 14.7 Å². The normalized spacial score (nSPS) is 20.0. The highest BCUT2D eigenvalue weighted by atomic mass is 35.5. The molecule has 1 saturated carbocycles. The Morgan fingerprint density at radius 3 is 2.42 bits per heavy atom. The molecule has 1 saturated heterocycles. The summed E-state index contributed by atoms with van der Waals surface area (Å²) in [6.45, 7) is 10.0. The molecular formula is C29H43ClN4O3S. The van der Waals surface area contributed by atoms with Crippen LogP contribution in [-0.4, -0.2) is 59.1 Å². The van der Waals surface area contributed by atoms with Gasteiger partial charge in [0.05, 0.1) is 12.1 Å². The molecule has 38 heavy (non-hydrogen) atoms. The van der Waals surface area contributed by atoms with E-state index in [1.54, 1.807) is 0 Å². The van der Waals surface area contributed by atoms with Crippen LogP contribution in [0.25, 0.3) is 0 Å². The number of carbonyl (C=O) groups excluding carboxylic acids is 2. The van der Waals surface area contributed by atoms with Crippen molar-refractivity contribution in [2.24, 2.45) is 11.3 Å². The van der Waals surface area contributed by atoms with E-state index in [-0.39, 0.29) is 35.6 Å². The molecule has 2 atom stereocenters. The van der Waals surface area contributed by atoms with E-state index < -0.39 is 0 Å². The number of nitrogens with zero attached hydrogens (tertiary/aromatic N) is 2. The summed E-state index contributed by atoms with van der Waals surface area (Å²) in [5.41, 5.74) is 1.98. The topological polar surface area (TPSA) is 94.6 Å². The first-order valence-corrected chi connectivity index (χ1v) is 14.9. The lowest BCUT2D eigenvalue weighted by Gasteiger charge is -2.45. The first-order chi connectivity index (χ1) is 18.1. The number of likely N-dealkylation sites (tertiary alicyclic amines) is 1. The van der Waals surface area contributed by atoms with E-state index in [1.807, 2.05) is 22.4 Å². The molecule has 2 aromatic rings. The van der Waals surface area contributed by atoms with Crippen LogP contribution in [0.4, 0.5) is 5.13 Å². The number of hydrogen-bond donors (Lipinski definition) is 3. The van der Waals surface area contributed by atoms with Gasteiger partial charge in [0.25, 0.3) is 0 Å². The van der Waals surface area contributed by atoms with E-state index in [0.29, 0.717) is 23.6 Å². The Morgan fingerprint density at radius 1 is 1.16 bits per heavy atom. The van der Waals surface area contributed by atoms with E-state index in [9.17, 15) is 9.59 Å². The average molecular weight is 563 g/mol. The Hall–Kier alpha value is -2.16. The van der Waals surface area contributed by atoms with Gasteiger partial charge in [-0.25, -0.2) is 4.98 Å². The summed E-state index contributed by atoms with van der Waals surface area (Å²) in [6, 6.07) is 8.06. The predicted molar refractivity (Wildman–Crippen MR) is 156 cm³/mol. The molecule has 0 spiro atoms. The van der Waals surface area contributed by atoms with Crippen LogP contribution in [0.2, 0.25) is 5.02 Å². The van der Waals surface area contributed by atoms with Crippen molar-refractivity contribution in [3.63, 3.8) is 0 Å². The van der Waals surface area contributed by atoms with Crippen molar-refractivity contribution in [3.05, 3.63) is 45.9 Å².